The second-order valence-electron chi connectivity index (χ2n) is 8.19. The Morgan fingerprint density at radius 1 is 0.971 bits per heavy atom. The molecule has 1 aliphatic heterocycles. The number of nitrogens with one attached hydrogen (secondary N) is 3. The maximum Gasteiger partial charge on any atom is 0.327 e. The second-order valence-corrected chi connectivity index (χ2v) is 9.22. The Hall–Kier alpha value is -1.44. The van der Waals surface area contributed by atoms with Crippen LogP contribution in [0.1, 0.15) is 32.6 Å². The van der Waals surface area contributed by atoms with Crippen molar-refractivity contribution in [2.45, 2.75) is 38.6 Å². The van der Waals surface area contributed by atoms with Gasteiger partial charge in [-0.2, -0.15) is 0 Å². The summed E-state index contributed by atoms with van der Waals surface area (Å²) in [5.74, 6) is -0.958. The average molecular weight is 522 g/mol. The molecule has 204 valence electrons. The van der Waals surface area contributed by atoms with E-state index in [-0.39, 0.29) is 30.4 Å². The highest BCUT2D eigenvalue weighted by Gasteiger charge is 2.21. The molecule has 1 fully saturated rings. The Morgan fingerprint density at radius 2 is 1.60 bits per heavy atom. The molecular weight excluding hydrogens is 478 g/mol. The zero-order valence-corrected chi connectivity index (χ0v) is 21.7. The number of hydrogen-bond donors (Lipinski definition) is 4. The average Bonchev–Trinajstić information content (AvgIpc) is 3.36. The van der Waals surface area contributed by atoms with Crippen molar-refractivity contribution in [2.24, 2.45) is 5.92 Å². The summed E-state index contributed by atoms with van der Waals surface area (Å²) < 4.78 is 21.5. The van der Waals surface area contributed by atoms with Crippen LogP contribution in [0.15, 0.2) is 0 Å². The molecule has 0 saturated carbocycles. The van der Waals surface area contributed by atoms with Gasteiger partial charge in [-0.1, -0.05) is 13.3 Å². The van der Waals surface area contributed by atoms with Crippen LogP contribution in [0.25, 0.3) is 0 Å². The topological polar surface area (TPSA) is 144 Å². The monoisotopic (exact) mass is 521 g/mol. The fourth-order valence-electron chi connectivity index (χ4n) is 3.08. The van der Waals surface area contributed by atoms with Crippen LogP contribution in [-0.2, 0) is 33.3 Å². The lowest BCUT2D eigenvalue weighted by Gasteiger charge is -2.15. The van der Waals surface area contributed by atoms with Gasteiger partial charge in [-0.3, -0.25) is 9.59 Å². The number of carbonyl (C=O) groups is 3. The highest BCUT2D eigenvalue weighted by Crippen LogP contribution is 2.07. The van der Waals surface area contributed by atoms with Crippen molar-refractivity contribution < 1.29 is 38.4 Å². The van der Waals surface area contributed by atoms with E-state index in [0.717, 1.165) is 39.0 Å². The van der Waals surface area contributed by atoms with Gasteiger partial charge in [-0.25, -0.2) is 4.79 Å². The van der Waals surface area contributed by atoms with Gasteiger partial charge in [-0.15, -0.1) is 11.8 Å². The number of ether oxygens (including phenoxy) is 4. The molecule has 11 nitrogen and oxygen atoms in total. The Morgan fingerprint density at radius 3 is 2.17 bits per heavy atom. The summed E-state index contributed by atoms with van der Waals surface area (Å²) >= 11 is 1.18. The number of carboxylic acid groups (broad SMARTS) is 1. The number of thioether (sulfide) groups is 1. The second kappa shape index (κ2) is 21.8. The van der Waals surface area contributed by atoms with E-state index in [1.165, 1.54) is 11.8 Å². The largest absolute Gasteiger partial charge is 0.480 e. The first-order valence-electron chi connectivity index (χ1n) is 12.4. The molecule has 35 heavy (non-hydrogen) atoms. The quantitative estimate of drug-likeness (QED) is 0.138. The molecule has 0 aromatic rings. The van der Waals surface area contributed by atoms with Crippen molar-refractivity contribution in [2.75, 3.05) is 84.0 Å². The number of amides is 2. The van der Waals surface area contributed by atoms with E-state index in [4.69, 9.17) is 18.9 Å². The van der Waals surface area contributed by atoms with Crippen LogP contribution in [0.5, 0.6) is 0 Å². The fraction of sp³-hybridized carbons (Fsp3) is 0.870. The summed E-state index contributed by atoms with van der Waals surface area (Å²) in [5, 5.41) is 17.9. The van der Waals surface area contributed by atoms with Crippen LogP contribution in [0.3, 0.4) is 0 Å². The van der Waals surface area contributed by atoms with E-state index in [1.54, 1.807) is 0 Å². The first kappa shape index (κ1) is 31.6. The lowest BCUT2D eigenvalue weighted by Crippen LogP contribution is -2.43. The van der Waals surface area contributed by atoms with E-state index < -0.39 is 17.9 Å². The summed E-state index contributed by atoms with van der Waals surface area (Å²) in [6.07, 6.45) is 3.26. The molecule has 4 N–H and O–H groups in total. The first-order valence-corrected chi connectivity index (χ1v) is 13.6. The molecule has 1 saturated heterocycles. The third-order valence-electron chi connectivity index (χ3n) is 5.13. The van der Waals surface area contributed by atoms with E-state index in [9.17, 15) is 19.5 Å². The molecule has 1 heterocycles. The summed E-state index contributed by atoms with van der Waals surface area (Å²) in [7, 11) is 0. The van der Waals surface area contributed by atoms with E-state index >= 15 is 0 Å². The summed E-state index contributed by atoms with van der Waals surface area (Å²) in [6.45, 7) is 8.31. The predicted molar refractivity (Wildman–Crippen MR) is 134 cm³/mol. The number of aliphatic carboxylic acids is 1. The highest BCUT2D eigenvalue weighted by molar-refractivity contribution is 8.00. The van der Waals surface area contributed by atoms with Gasteiger partial charge in [0.25, 0.3) is 0 Å². The number of carboxylic acids is 1. The first-order chi connectivity index (χ1) is 17.0. The van der Waals surface area contributed by atoms with Gasteiger partial charge in [0.1, 0.15) is 6.04 Å². The molecule has 1 unspecified atom stereocenters. The van der Waals surface area contributed by atoms with Crippen LogP contribution >= 0.6 is 11.8 Å². The molecule has 12 heteroatoms. The van der Waals surface area contributed by atoms with Crippen molar-refractivity contribution in [1.29, 1.82) is 0 Å². The Balaban J connectivity index is 1.96. The number of rotatable bonds is 23. The zero-order chi connectivity index (χ0) is 25.6. The van der Waals surface area contributed by atoms with Gasteiger partial charge in [0.15, 0.2) is 0 Å². The highest BCUT2D eigenvalue weighted by atomic mass is 32.2. The van der Waals surface area contributed by atoms with Gasteiger partial charge < -0.3 is 40.0 Å². The molecule has 0 bridgehead atoms. The summed E-state index contributed by atoms with van der Waals surface area (Å²) in [4.78, 5) is 35.3. The number of hydrogen-bond acceptors (Lipinski definition) is 9. The van der Waals surface area contributed by atoms with E-state index in [2.05, 4.69) is 22.9 Å². The maximum atomic E-state index is 12.0. The number of carbonyl (C=O) groups excluding carboxylic acids is 2. The fourth-order valence-corrected chi connectivity index (χ4v) is 3.95. The van der Waals surface area contributed by atoms with E-state index in [1.807, 2.05) is 0 Å². The van der Waals surface area contributed by atoms with Crippen LogP contribution in [0.4, 0.5) is 0 Å². The van der Waals surface area contributed by atoms with Gasteiger partial charge in [0, 0.05) is 25.3 Å². The lowest BCUT2D eigenvalue weighted by molar-refractivity contribution is -0.141. The normalized spacial score (nSPS) is 16.2. The standard InChI is InChI=1S/C23H43N3O8S/c1-2-3-7-31-9-11-33-13-14-34-12-10-32-8-5-21(27)26-20(23(29)30)17-35-18-22(28)25-16-19-4-6-24-15-19/h19-20,24H,2-18H2,1H3,(H,25,28)(H,26,27)(H,29,30)/t19?,20-/m0/s1. The van der Waals surface area contributed by atoms with E-state index in [0.29, 0.717) is 52.1 Å². The molecule has 0 aromatic heterocycles. The third-order valence-corrected chi connectivity index (χ3v) is 6.17. The molecule has 1 aliphatic rings. The van der Waals surface area contributed by atoms with Gasteiger partial charge >= 0.3 is 5.97 Å². The van der Waals surface area contributed by atoms with Crippen LogP contribution in [-0.4, -0.2) is 113 Å². The van der Waals surface area contributed by atoms with Crippen LogP contribution in [0, 0.1) is 5.92 Å². The van der Waals surface area contributed by atoms with Crippen molar-refractivity contribution in [3.8, 4) is 0 Å². The van der Waals surface area contributed by atoms with Gasteiger partial charge in [-0.05, 0) is 31.8 Å². The Labute approximate surface area is 212 Å². The van der Waals surface area contributed by atoms with Crippen molar-refractivity contribution >= 4 is 29.5 Å². The molecule has 0 aliphatic carbocycles. The van der Waals surface area contributed by atoms with Gasteiger partial charge in [0.2, 0.25) is 11.8 Å². The van der Waals surface area contributed by atoms with Crippen molar-refractivity contribution in [1.82, 2.24) is 16.0 Å². The number of unbranched alkanes of at least 4 members (excludes halogenated alkanes) is 1. The van der Waals surface area contributed by atoms with Crippen LogP contribution in [0.2, 0.25) is 0 Å². The zero-order valence-electron chi connectivity index (χ0n) is 20.9. The van der Waals surface area contributed by atoms with Crippen molar-refractivity contribution in [3.63, 3.8) is 0 Å². The lowest BCUT2D eigenvalue weighted by atomic mass is 10.1. The molecule has 2 atom stereocenters. The maximum absolute atomic E-state index is 12.0. The van der Waals surface area contributed by atoms with Gasteiger partial charge in [0.05, 0.1) is 52.0 Å². The minimum absolute atomic E-state index is 0.0471. The molecule has 0 radical (unpaired) electrons. The molecule has 0 spiro atoms. The Bertz CT molecular complexity index is 579. The van der Waals surface area contributed by atoms with Crippen LogP contribution < -0.4 is 16.0 Å². The predicted octanol–water partition coefficient (Wildman–Crippen LogP) is 0.271. The van der Waals surface area contributed by atoms with Crippen molar-refractivity contribution in [3.05, 3.63) is 0 Å². The smallest absolute Gasteiger partial charge is 0.327 e. The summed E-state index contributed by atoms with van der Waals surface area (Å²) in [5.41, 5.74) is 0. The minimum atomic E-state index is -1.13. The SMILES string of the molecule is CCCCOCCOCCOCCOCCC(=O)N[C@@H](CSCC(=O)NCC1CCNC1)C(=O)O. The molecule has 2 amide bonds. The Kier molecular flexibility index (Phi) is 19.7. The molecule has 1 rings (SSSR count). The molecular formula is C23H43N3O8S. The minimum Gasteiger partial charge on any atom is -0.480 e. The molecule has 0 aromatic carbocycles. The summed E-state index contributed by atoms with van der Waals surface area (Å²) in [6, 6.07) is -1.06. The third kappa shape index (κ3) is 18.5.